The molecule has 0 atom stereocenters. The lowest BCUT2D eigenvalue weighted by atomic mass is 10.0. The van der Waals surface area contributed by atoms with Gasteiger partial charge >= 0.3 is 0 Å². The normalized spacial score (nSPS) is 15.5. The third kappa shape index (κ3) is 5.03. The lowest BCUT2D eigenvalue weighted by Crippen LogP contribution is -2.46. The maximum atomic E-state index is 12.3. The smallest absolute Gasteiger partial charge is 0.287 e. The van der Waals surface area contributed by atoms with Crippen LogP contribution in [0.15, 0.2) is 34.9 Å². The summed E-state index contributed by atoms with van der Waals surface area (Å²) in [5.74, 6) is 0.0207. The second-order valence-electron chi connectivity index (χ2n) is 6.61. The zero-order valence-corrected chi connectivity index (χ0v) is 16.4. The first-order valence-corrected chi connectivity index (χ1v) is 9.51. The molecular formula is C19H21Cl2N3O3. The van der Waals surface area contributed by atoms with Gasteiger partial charge < -0.3 is 15.1 Å². The fraction of sp³-hybridized carbons (Fsp3) is 0.368. The Kier molecular flexibility index (Phi) is 6.42. The number of anilines is 1. The Morgan fingerprint density at radius 1 is 1.22 bits per heavy atom. The van der Waals surface area contributed by atoms with Crippen molar-refractivity contribution >= 4 is 40.7 Å². The van der Waals surface area contributed by atoms with Crippen molar-refractivity contribution in [2.75, 3.05) is 25.0 Å². The molecule has 144 valence electrons. The summed E-state index contributed by atoms with van der Waals surface area (Å²) in [5, 5.41) is 6.52. The number of likely N-dealkylation sites (tertiary alicyclic amines) is 1. The molecule has 0 unspecified atom stereocenters. The number of aryl methyl sites for hydroxylation is 1. The number of nitrogens with zero attached hydrogens (tertiary/aromatic N) is 1. The number of hydrogen-bond donors (Lipinski definition) is 2. The van der Waals surface area contributed by atoms with Crippen molar-refractivity contribution in [3.05, 3.63) is 51.9 Å². The van der Waals surface area contributed by atoms with Crippen molar-refractivity contribution < 1.29 is 14.0 Å². The van der Waals surface area contributed by atoms with E-state index in [0.717, 1.165) is 31.5 Å². The maximum absolute atomic E-state index is 12.3. The van der Waals surface area contributed by atoms with E-state index in [2.05, 4.69) is 15.5 Å². The molecule has 2 aromatic rings. The van der Waals surface area contributed by atoms with Gasteiger partial charge in [0.1, 0.15) is 0 Å². The van der Waals surface area contributed by atoms with Crippen molar-refractivity contribution in [2.24, 2.45) is 0 Å². The van der Waals surface area contributed by atoms with Crippen molar-refractivity contribution in [2.45, 2.75) is 25.8 Å². The minimum absolute atomic E-state index is 0.0729. The molecule has 0 spiro atoms. The number of nitrogens with one attached hydrogen (secondary N) is 2. The number of benzene rings is 1. The van der Waals surface area contributed by atoms with Gasteiger partial charge in [-0.3, -0.25) is 14.5 Å². The molecule has 2 amide bonds. The summed E-state index contributed by atoms with van der Waals surface area (Å²) in [7, 11) is 0. The first-order valence-electron chi connectivity index (χ1n) is 8.75. The summed E-state index contributed by atoms with van der Waals surface area (Å²) in [6.07, 6.45) is 3.06. The van der Waals surface area contributed by atoms with Gasteiger partial charge in [-0.05, 0) is 38.0 Å². The van der Waals surface area contributed by atoms with E-state index in [-0.39, 0.29) is 24.4 Å². The Bertz CT molecular complexity index is 829. The van der Waals surface area contributed by atoms with Gasteiger partial charge in [-0.2, -0.15) is 0 Å². The van der Waals surface area contributed by atoms with E-state index in [1.165, 1.54) is 6.26 Å². The Hall–Kier alpha value is -2.02. The lowest BCUT2D eigenvalue weighted by molar-refractivity contribution is -0.117. The van der Waals surface area contributed by atoms with E-state index in [0.29, 0.717) is 21.5 Å². The van der Waals surface area contributed by atoms with Gasteiger partial charge in [-0.15, -0.1) is 0 Å². The number of hydrogen-bond acceptors (Lipinski definition) is 4. The fourth-order valence-corrected chi connectivity index (χ4v) is 3.43. The highest BCUT2D eigenvalue weighted by Crippen LogP contribution is 2.29. The van der Waals surface area contributed by atoms with Gasteiger partial charge in [0.05, 0.1) is 28.5 Å². The van der Waals surface area contributed by atoms with Crippen LogP contribution < -0.4 is 10.6 Å². The summed E-state index contributed by atoms with van der Waals surface area (Å²) < 4.78 is 5.22. The molecule has 27 heavy (non-hydrogen) atoms. The van der Waals surface area contributed by atoms with Crippen LogP contribution >= 0.6 is 23.2 Å². The van der Waals surface area contributed by atoms with Gasteiger partial charge in [0.15, 0.2) is 5.76 Å². The fourth-order valence-electron chi connectivity index (χ4n) is 3.08. The summed E-state index contributed by atoms with van der Waals surface area (Å²) in [5.41, 5.74) is 1.33. The average Bonchev–Trinajstić information content (AvgIpc) is 3.07. The predicted molar refractivity (Wildman–Crippen MR) is 105 cm³/mol. The zero-order chi connectivity index (χ0) is 19.4. The molecule has 8 heteroatoms. The average molecular weight is 410 g/mol. The van der Waals surface area contributed by atoms with Crippen LogP contribution in [0, 0.1) is 6.92 Å². The monoisotopic (exact) mass is 409 g/mol. The molecule has 1 aromatic carbocycles. The summed E-state index contributed by atoms with van der Waals surface area (Å²) in [4.78, 5) is 26.5. The molecule has 1 aliphatic rings. The highest BCUT2D eigenvalue weighted by molar-refractivity contribution is 6.44. The number of carbonyl (C=O) groups is 2. The number of carbonyl (C=O) groups excluding carboxylic acids is 2. The number of furan rings is 1. The van der Waals surface area contributed by atoms with Gasteiger partial charge in [0, 0.05) is 24.7 Å². The second kappa shape index (κ2) is 8.78. The van der Waals surface area contributed by atoms with Crippen LogP contribution in [0.2, 0.25) is 10.0 Å². The Balaban J connectivity index is 1.45. The second-order valence-corrected chi connectivity index (χ2v) is 7.39. The van der Waals surface area contributed by atoms with E-state index in [1.807, 2.05) is 6.92 Å². The number of amides is 2. The van der Waals surface area contributed by atoms with Gasteiger partial charge in [0.2, 0.25) is 5.91 Å². The number of halogens is 2. The zero-order valence-electron chi connectivity index (χ0n) is 14.9. The molecule has 1 aromatic heterocycles. The molecule has 0 saturated carbocycles. The van der Waals surface area contributed by atoms with E-state index >= 15 is 0 Å². The van der Waals surface area contributed by atoms with Gasteiger partial charge in [0.25, 0.3) is 5.91 Å². The summed E-state index contributed by atoms with van der Waals surface area (Å²) in [6, 6.07) is 6.96. The largest absolute Gasteiger partial charge is 0.459 e. The molecule has 1 fully saturated rings. The van der Waals surface area contributed by atoms with E-state index in [9.17, 15) is 9.59 Å². The first kappa shape index (κ1) is 19.7. The van der Waals surface area contributed by atoms with Crippen LogP contribution in [0.3, 0.4) is 0 Å². The van der Waals surface area contributed by atoms with Crippen molar-refractivity contribution in [1.29, 1.82) is 0 Å². The summed E-state index contributed by atoms with van der Waals surface area (Å²) >= 11 is 12.1. The predicted octanol–water partition coefficient (Wildman–Crippen LogP) is 3.73. The molecule has 1 saturated heterocycles. The van der Waals surface area contributed by atoms with Crippen LogP contribution in [0.4, 0.5) is 5.69 Å². The van der Waals surface area contributed by atoms with E-state index in [1.54, 1.807) is 24.3 Å². The van der Waals surface area contributed by atoms with Crippen molar-refractivity contribution in [3.63, 3.8) is 0 Å². The third-order valence-corrected chi connectivity index (χ3v) is 5.40. The molecule has 2 heterocycles. The lowest BCUT2D eigenvalue weighted by Gasteiger charge is -2.31. The highest BCUT2D eigenvalue weighted by Gasteiger charge is 2.24. The third-order valence-electron chi connectivity index (χ3n) is 4.58. The van der Waals surface area contributed by atoms with Crippen molar-refractivity contribution in [3.8, 4) is 0 Å². The molecule has 0 aliphatic carbocycles. The first-order chi connectivity index (χ1) is 12.9. The Morgan fingerprint density at radius 3 is 2.63 bits per heavy atom. The molecule has 0 bridgehead atoms. The minimum Gasteiger partial charge on any atom is -0.459 e. The van der Waals surface area contributed by atoms with Gasteiger partial charge in [-0.25, -0.2) is 0 Å². The highest BCUT2D eigenvalue weighted by atomic mass is 35.5. The molecule has 1 aliphatic heterocycles. The topological polar surface area (TPSA) is 74.6 Å². The molecule has 2 N–H and O–H groups in total. The molecular weight excluding hydrogens is 389 g/mol. The maximum Gasteiger partial charge on any atom is 0.287 e. The molecule has 3 rings (SSSR count). The van der Waals surface area contributed by atoms with Crippen LogP contribution in [0.1, 0.15) is 29.0 Å². The van der Waals surface area contributed by atoms with Crippen LogP contribution in [-0.2, 0) is 4.79 Å². The van der Waals surface area contributed by atoms with Gasteiger partial charge in [-0.1, -0.05) is 29.3 Å². The van der Waals surface area contributed by atoms with E-state index in [4.69, 9.17) is 27.6 Å². The molecule has 6 nitrogen and oxygen atoms in total. The van der Waals surface area contributed by atoms with E-state index < -0.39 is 0 Å². The van der Waals surface area contributed by atoms with Crippen LogP contribution in [0.25, 0.3) is 0 Å². The SMILES string of the molecule is Cc1ccoc1C(=O)NC1CCN(CC(=O)Nc2cccc(Cl)c2Cl)CC1. The number of piperidine rings is 1. The number of rotatable bonds is 5. The Morgan fingerprint density at radius 2 is 1.96 bits per heavy atom. The quantitative estimate of drug-likeness (QED) is 0.788. The van der Waals surface area contributed by atoms with Crippen LogP contribution in [0.5, 0.6) is 0 Å². The minimum atomic E-state index is -0.190. The standard InChI is InChI=1S/C19H21Cl2N3O3/c1-12-7-10-27-18(12)19(26)22-13-5-8-24(9-6-13)11-16(25)23-15-4-2-3-14(20)17(15)21/h2-4,7,10,13H,5-6,8-9,11H2,1H3,(H,22,26)(H,23,25). The van der Waals surface area contributed by atoms with Crippen LogP contribution in [-0.4, -0.2) is 42.4 Å². The Labute approximate surface area is 167 Å². The molecule has 0 radical (unpaired) electrons. The van der Waals surface area contributed by atoms with Crippen molar-refractivity contribution in [1.82, 2.24) is 10.2 Å². The summed E-state index contributed by atoms with van der Waals surface area (Å²) in [6.45, 7) is 3.55.